The van der Waals surface area contributed by atoms with Crippen LogP contribution in [0.5, 0.6) is 0 Å². The van der Waals surface area contributed by atoms with Gasteiger partial charge in [-0.2, -0.15) is 0 Å². The maximum Gasteiger partial charge on any atom is 0.261 e. The predicted molar refractivity (Wildman–Crippen MR) is 69.4 cm³/mol. The lowest BCUT2D eigenvalue weighted by atomic mass is 10.2. The van der Waals surface area contributed by atoms with E-state index in [-0.39, 0.29) is 6.54 Å². The number of nitrogens with zero attached hydrogens (tertiary/aromatic N) is 2. The second-order valence-electron chi connectivity index (χ2n) is 4.66. The fraction of sp³-hybridized carbons (Fsp3) is 0.833. The van der Waals surface area contributed by atoms with Crippen LogP contribution in [-0.2, 0) is 9.59 Å². The minimum Gasteiger partial charge on any atom is -0.380 e. The first-order valence-corrected chi connectivity index (χ1v) is 6.61. The van der Waals surface area contributed by atoms with Crippen molar-refractivity contribution < 1.29 is 19.8 Å². The molecule has 0 saturated carbocycles. The molecule has 0 aromatic heterocycles. The molecule has 1 heterocycles. The fourth-order valence-electron chi connectivity index (χ4n) is 2.08. The molecule has 1 aliphatic heterocycles. The van der Waals surface area contributed by atoms with Gasteiger partial charge in [0.25, 0.3) is 11.8 Å². The molecule has 110 valence electrons. The van der Waals surface area contributed by atoms with Gasteiger partial charge in [-0.05, 0) is 20.0 Å². The van der Waals surface area contributed by atoms with Gasteiger partial charge < -0.3 is 20.4 Å². The van der Waals surface area contributed by atoms with E-state index in [0.717, 1.165) is 31.0 Å². The minimum absolute atomic E-state index is 0.204. The maximum atomic E-state index is 11.6. The van der Waals surface area contributed by atoms with Crippen molar-refractivity contribution in [3.63, 3.8) is 0 Å². The van der Waals surface area contributed by atoms with Crippen molar-refractivity contribution in [1.29, 1.82) is 0 Å². The fourth-order valence-corrected chi connectivity index (χ4v) is 2.08. The predicted octanol–water partition coefficient (Wildman–Crippen LogP) is -1.99. The average Bonchev–Trinajstić information content (AvgIpc) is 2.58. The summed E-state index contributed by atoms with van der Waals surface area (Å²) in [7, 11) is 1.87. The zero-order valence-electron chi connectivity index (χ0n) is 11.5. The Bertz CT molecular complexity index is 304. The van der Waals surface area contributed by atoms with Crippen LogP contribution in [0.2, 0.25) is 0 Å². The molecular formula is C12H23N3O4. The molecule has 0 spiro atoms. The third kappa shape index (κ3) is 3.97. The van der Waals surface area contributed by atoms with Gasteiger partial charge in [0.05, 0.1) is 0 Å². The smallest absolute Gasteiger partial charge is 0.261 e. The van der Waals surface area contributed by atoms with E-state index in [1.54, 1.807) is 0 Å². The Hall–Kier alpha value is -1.02. The molecule has 2 amide bonds. The van der Waals surface area contributed by atoms with E-state index in [4.69, 9.17) is 0 Å². The summed E-state index contributed by atoms with van der Waals surface area (Å²) in [5.74, 6) is -1.41. The molecule has 1 rings (SSSR count). The topological polar surface area (TPSA) is 93.1 Å². The van der Waals surface area contributed by atoms with Crippen LogP contribution in [0.15, 0.2) is 0 Å². The van der Waals surface area contributed by atoms with Gasteiger partial charge in [-0.15, -0.1) is 0 Å². The van der Waals surface area contributed by atoms with E-state index < -0.39 is 24.0 Å². The highest BCUT2D eigenvalue weighted by atomic mass is 16.4. The van der Waals surface area contributed by atoms with Crippen LogP contribution in [0.25, 0.3) is 0 Å². The number of nitrogens with one attached hydrogen (secondary N) is 1. The van der Waals surface area contributed by atoms with Crippen molar-refractivity contribution in [2.24, 2.45) is 0 Å². The molecule has 7 nitrogen and oxygen atoms in total. The van der Waals surface area contributed by atoms with Crippen LogP contribution in [0.1, 0.15) is 13.3 Å². The number of carbonyl (C=O) groups excluding carboxylic acids is 2. The monoisotopic (exact) mass is 273 g/mol. The number of rotatable bonds is 8. The molecule has 19 heavy (non-hydrogen) atoms. The van der Waals surface area contributed by atoms with E-state index in [2.05, 4.69) is 17.1 Å². The van der Waals surface area contributed by atoms with Crippen molar-refractivity contribution in [2.45, 2.75) is 25.6 Å². The maximum absolute atomic E-state index is 11.6. The molecular weight excluding hydrogens is 250 g/mol. The minimum atomic E-state index is -1.61. The first kappa shape index (κ1) is 16.0. The highest BCUT2D eigenvalue weighted by molar-refractivity contribution is 6.07. The van der Waals surface area contributed by atoms with Crippen molar-refractivity contribution in [1.82, 2.24) is 15.1 Å². The van der Waals surface area contributed by atoms with Gasteiger partial charge in [0.15, 0.2) is 12.2 Å². The first-order chi connectivity index (χ1) is 9.02. The van der Waals surface area contributed by atoms with Gasteiger partial charge in [0.1, 0.15) is 0 Å². The van der Waals surface area contributed by atoms with Crippen LogP contribution >= 0.6 is 0 Å². The van der Waals surface area contributed by atoms with Gasteiger partial charge in [-0.3, -0.25) is 14.5 Å². The highest BCUT2D eigenvalue weighted by Gasteiger charge is 2.45. The standard InChI is InChI=1S/C12H23N3O4/c1-3-5-14(6-4-13-2)7-8-15-11(18)9(16)10(17)12(15)19/h9-10,13,16-17H,3-8H2,1-2H3. The number of likely N-dealkylation sites (tertiary alicyclic amines) is 1. The molecule has 0 aliphatic carbocycles. The van der Waals surface area contributed by atoms with Gasteiger partial charge in [0.2, 0.25) is 0 Å². The first-order valence-electron chi connectivity index (χ1n) is 6.61. The highest BCUT2D eigenvalue weighted by Crippen LogP contribution is 2.13. The summed E-state index contributed by atoms with van der Waals surface area (Å²) in [6.45, 7) is 5.34. The summed E-state index contributed by atoms with van der Waals surface area (Å²) in [6, 6.07) is 0. The summed E-state index contributed by atoms with van der Waals surface area (Å²) >= 11 is 0. The molecule has 1 fully saturated rings. The Morgan fingerprint density at radius 1 is 1.16 bits per heavy atom. The zero-order valence-corrected chi connectivity index (χ0v) is 11.5. The Morgan fingerprint density at radius 3 is 2.21 bits per heavy atom. The van der Waals surface area contributed by atoms with Crippen LogP contribution in [0, 0.1) is 0 Å². The lowest BCUT2D eigenvalue weighted by Crippen LogP contribution is -2.41. The Morgan fingerprint density at radius 2 is 1.74 bits per heavy atom. The lowest BCUT2D eigenvalue weighted by molar-refractivity contribution is -0.141. The molecule has 0 aromatic carbocycles. The van der Waals surface area contributed by atoms with E-state index in [9.17, 15) is 19.8 Å². The second kappa shape index (κ2) is 7.54. The van der Waals surface area contributed by atoms with Crippen LogP contribution in [0.4, 0.5) is 0 Å². The third-order valence-corrected chi connectivity index (χ3v) is 3.19. The number of imide groups is 1. The molecule has 2 unspecified atom stereocenters. The van der Waals surface area contributed by atoms with Gasteiger partial charge in [0, 0.05) is 26.2 Å². The Labute approximate surface area is 113 Å². The van der Waals surface area contributed by atoms with E-state index >= 15 is 0 Å². The second-order valence-corrected chi connectivity index (χ2v) is 4.66. The SMILES string of the molecule is CCCN(CCNC)CCN1C(=O)C(O)C(O)C1=O. The van der Waals surface area contributed by atoms with E-state index in [1.807, 2.05) is 7.05 Å². The zero-order chi connectivity index (χ0) is 14.4. The number of aliphatic hydroxyl groups excluding tert-OH is 2. The van der Waals surface area contributed by atoms with Gasteiger partial charge >= 0.3 is 0 Å². The Balaban J connectivity index is 2.49. The molecule has 1 saturated heterocycles. The normalized spacial score (nSPS) is 23.7. The van der Waals surface area contributed by atoms with Crippen molar-refractivity contribution in [3.8, 4) is 0 Å². The summed E-state index contributed by atoms with van der Waals surface area (Å²) < 4.78 is 0. The van der Waals surface area contributed by atoms with Crippen molar-refractivity contribution in [2.75, 3.05) is 39.8 Å². The number of likely N-dealkylation sites (N-methyl/N-ethyl adjacent to an activating group) is 1. The quantitative estimate of drug-likeness (QED) is 0.443. The van der Waals surface area contributed by atoms with Crippen LogP contribution in [0.3, 0.4) is 0 Å². The summed E-state index contributed by atoms with van der Waals surface area (Å²) in [6.07, 6.45) is -2.23. The van der Waals surface area contributed by atoms with Crippen molar-refractivity contribution in [3.05, 3.63) is 0 Å². The summed E-state index contributed by atoms with van der Waals surface area (Å²) in [5.41, 5.74) is 0. The molecule has 0 radical (unpaired) electrons. The van der Waals surface area contributed by atoms with Gasteiger partial charge in [-0.25, -0.2) is 0 Å². The molecule has 0 bridgehead atoms. The molecule has 1 aliphatic rings. The third-order valence-electron chi connectivity index (χ3n) is 3.19. The number of aliphatic hydroxyl groups is 2. The van der Waals surface area contributed by atoms with Crippen LogP contribution < -0.4 is 5.32 Å². The number of hydrogen-bond donors (Lipinski definition) is 3. The summed E-state index contributed by atoms with van der Waals surface area (Å²) in [5, 5.41) is 21.7. The van der Waals surface area contributed by atoms with Gasteiger partial charge in [-0.1, -0.05) is 6.92 Å². The average molecular weight is 273 g/mol. The Kier molecular flexibility index (Phi) is 6.36. The molecule has 7 heteroatoms. The number of carbonyl (C=O) groups is 2. The summed E-state index contributed by atoms with van der Waals surface area (Å²) in [4.78, 5) is 26.2. The molecule has 2 atom stereocenters. The molecule has 3 N–H and O–H groups in total. The molecule has 0 aromatic rings. The van der Waals surface area contributed by atoms with Crippen LogP contribution in [-0.4, -0.2) is 83.8 Å². The number of amides is 2. The largest absolute Gasteiger partial charge is 0.380 e. The lowest BCUT2D eigenvalue weighted by Gasteiger charge is -2.24. The van der Waals surface area contributed by atoms with E-state index in [0.29, 0.717) is 6.54 Å². The van der Waals surface area contributed by atoms with Crippen molar-refractivity contribution >= 4 is 11.8 Å². The number of hydrogen-bond acceptors (Lipinski definition) is 6. The van der Waals surface area contributed by atoms with E-state index in [1.165, 1.54) is 0 Å².